The highest BCUT2D eigenvalue weighted by molar-refractivity contribution is 6.30. The average molecular weight is 720 g/mol. The summed E-state index contributed by atoms with van der Waals surface area (Å²) in [6, 6.07) is 13.6. The van der Waals surface area contributed by atoms with Crippen LogP contribution in [0.25, 0.3) is 0 Å². The summed E-state index contributed by atoms with van der Waals surface area (Å²) in [7, 11) is 0. The molecule has 47 heavy (non-hydrogen) atoms. The molecule has 2 heterocycles. The van der Waals surface area contributed by atoms with Crippen molar-refractivity contribution in [1.29, 1.82) is 0 Å². The number of hydrogen-bond acceptors (Lipinski definition) is 7. The predicted molar refractivity (Wildman–Crippen MR) is 162 cm³/mol. The highest BCUT2D eigenvalue weighted by Gasteiger charge is 2.48. The Bertz CT molecular complexity index is 1270. The summed E-state index contributed by atoms with van der Waals surface area (Å²) in [4.78, 5) is 13.7. The minimum atomic E-state index is -4.84. The first-order valence-corrected chi connectivity index (χ1v) is 15.4. The number of morpholine rings is 2. The molecule has 2 aliphatic rings. The smallest absolute Gasteiger partial charge is 0.416 e. The van der Waals surface area contributed by atoms with E-state index in [-0.39, 0.29) is 25.8 Å². The SMILES string of the molecule is CC(C)(C)OC(=O)N1C[C@H](C(O)C(F)(F)F)OC[C@@H]1Cc1ccc(Cl)cc1.OC(C1CN[C@@H](Cc2ccc(Cl)cc2)CO1)C(F)(F)F. The molecule has 2 aromatic carbocycles. The van der Waals surface area contributed by atoms with Crippen LogP contribution < -0.4 is 5.32 Å². The molecule has 3 unspecified atom stereocenters. The minimum Gasteiger partial charge on any atom is -0.444 e. The number of ether oxygens (including phenoxy) is 3. The standard InChI is InChI=1S/C18H23ClF3NO4.C13H15ClF3NO2/c1-17(2,3)27-16(25)23-9-14(15(24)18(20,21)22)26-10-13(23)8-11-4-6-12(19)7-5-11;14-9-3-1-8(2-4-9)5-10-7-20-11(6-18-10)12(19)13(15,16)17/h4-7,13-15,24H,8-10H2,1-3H3;1-4,10-12,18-19H,5-7H2/t13-,14+,15?;10-,11?,12?/m00/s1. The molecule has 3 N–H and O–H groups in total. The molecule has 8 nitrogen and oxygen atoms in total. The Balaban J connectivity index is 0.000000267. The van der Waals surface area contributed by atoms with Crippen molar-refractivity contribution in [3.63, 3.8) is 0 Å². The highest BCUT2D eigenvalue weighted by atomic mass is 35.5. The summed E-state index contributed by atoms with van der Waals surface area (Å²) in [6.45, 7) is 4.53. The van der Waals surface area contributed by atoms with Crippen LogP contribution in [0.3, 0.4) is 0 Å². The number of hydrogen-bond donors (Lipinski definition) is 3. The van der Waals surface area contributed by atoms with Gasteiger partial charge in [0.05, 0.1) is 25.8 Å². The predicted octanol–water partition coefficient (Wildman–Crippen LogP) is 5.97. The Kier molecular flexibility index (Phi) is 13.6. The monoisotopic (exact) mass is 718 g/mol. The van der Waals surface area contributed by atoms with E-state index in [1.807, 2.05) is 12.1 Å². The second-order valence-corrected chi connectivity index (χ2v) is 13.1. The molecule has 2 fully saturated rings. The van der Waals surface area contributed by atoms with Gasteiger partial charge in [-0.3, -0.25) is 4.90 Å². The molecule has 6 atom stereocenters. The average Bonchev–Trinajstić information content (AvgIpc) is 2.98. The van der Waals surface area contributed by atoms with Gasteiger partial charge < -0.3 is 29.7 Å². The van der Waals surface area contributed by atoms with E-state index in [0.29, 0.717) is 22.9 Å². The van der Waals surface area contributed by atoms with Gasteiger partial charge in [0.2, 0.25) is 0 Å². The Morgan fingerprint density at radius 2 is 1.32 bits per heavy atom. The number of nitrogens with zero attached hydrogens (tertiary/aromatic N) is 1. The molecule has 1 amide bonds. The summed E-state index contributed by atoms with van der Waals surface area (Å²) in [6.07, 6.45) is -17.2. The lowest BCUT2D eigenvalue weighted by atomic mass is 10.0. The van der Waals surface area contributed by atoms with Crippen molar-refractivity contribution in [2.45, 2.75) is 88.1 Å². The van der Waals surface area contributed by atoms with Gasteiger partial charge in [0.25, 0.3) is 0 Å². The third kappa shape index (κ3) is 12.6. The van der Waals surface area contributed by atoms with Crippen LogP contribution in [-0.4, -0.2) is 102 Å². The zero-order chi connectivity index (χ0) is 35.2. The first kappa shape index (κ1) is 39.1. The molecule has 0 aliphatic carbocycles. The van der Waals surface area contributed by atoms with Gasteiger partial charge in [0.1, 0.15) is 17.8 Å². The zero-order valence-electron chi connectivity index (χ0n) is 25.8. The van der Waals surface area contributed by atoms with Crippen LogP contribution in [0.4, 0.5) is 31.1 Å². The van der Waals surface area contributed by atoms with E-state index in [0.717, 1.165) is 11.1 Å². The topological polar surface area (TPSA) is 100 Å². The van der Waals surface area contributed by atoms with Crippen LogP contribution in [0.5, 0.6) is 0 Å². The fraction of sp³-hybridized carbons (Fsp3) is 0.581. The van der Waals surface area contributed by atoms with Crippen molar-refractivity contribution >= 4 is 29.3 Å². The molecule has 264 valence electrons. The molecule has 0 spiro atoms. The van der Waals surface area contributed by atoms with E-state index in [1.165, 1.54) is 4.90 Å². The van der Waals surface area contributed by atoms with Crippen LogP contribution in [0, 0.1) is 0 Å². The summed E-state index contributed by atoms with van der Waals surface area (Å²) in [5, 5.41) is 22.8. The quantitative estimate of drug-likeness (QED) is 0.317. The second-order valence-electron chi connectivity index (χ2n) is 12.3. The maximum absolute atomic E-state index is 12.8. The first-order valence-electron chi connectivity index (χ1n) is 14.7. The molecular weight excluding hydrogens is 681 g/mol. The first-order chi connectivity index (χ1) is 21.7. The van der Waals surface area contributed by atoms with E-state index in [1.54, 1.807) is 57.2 Å². The minimum absolute atomic E-state index is 0.0288. The molecule has 16 heteroatoms. The molecule has 4 rings (SSSR count). The summed E-state index contributed by atoms with van der Waals surface area (Å²) in [5.41, 5.74) is 1.06. The maximum Gasteiger partial charge on any atom is 0.416 e. The zero-order valence-corrected chi connectivity index (χ0v) is 27.3. The Morgan fingerprint density at radius 3 is 1.77 bits per heavy atom. The van der Waals surface area contributed by atoms with E-state index in [9.17, 15) is 36.2 Å². The number of aliphatic hydroxyl groups excluding tert-OH is 2. The van der Waals surface area contributed by atoms with Gasteiger partial charge in [-0.1, -0.05) is 47.5 Å². The number of aliphatic hydroxyl groups is 2. The lowest BCUT2D eigenvalue weighted by Crippen LogP contribution is -2.59. The van der Waals surface area contributed by atoms with E-state index >= 15 is 0 Å². The third-order valence-corrected chi connectivity index (χ3v) is 7.73. The van der Waals surface area contributed by atoms with Crippen molar-refractivity contribution < 1.29 is 55.6 Å². The number of alkyl halides is 6. The molecule has 0 aromatic heterocycles. The number of halogens is 8. The number of carbonyl (C=O) groups is 1. The molecule has 2 aliphatic heterocycles. The van der Waals surface area contributed by atoms with Crippen LogP contribution in [0.1, 0.15) is 31.9 Å². The van der Waals surface area contributed by atoms with Gasteiger partial charge in [-0.25, -0.2) is 4.79 Å². The summed E-state index contributed by atoms with van der Waals surface area (Å²) in [5.74, 6) is 0. The summed E-state index contributed by atoms with van der Waals surface area (Å²) < 4.78 is 91.2. The number of benzene rings is 2. The molecule has 2 saturated heterocycles. The molecule has 0 radical (unpaired) electrons. The fourth-order valence-corrected chi connectivity index (χ4v) is 5.07. The van der Waals surface area contributed by atoms with Crippen LogP contribution in [0.2, 0.25) is 10.0 Å². The maximum atomic E-state index is 12.8. The van der Waals surface area contributed by atoms with Crippen molar-refractivity contribution in [2.75, 3.05) is 26.3 Å². The van der Waals surface area contributed by atoms with Gasteiger partial charge in [-0.15, -0.1) is 0 Å². The number of amides is 1. The number of rotatable bonds is 6. The molecule has 2 aromatic rings. The highest BCUT2D eigenvalue weighted by Crippen LogP contribution is 2.29. The van der Waals surface area contributed by atoms with Gasteiger partial charge >= 0.3 is 18.4 Å². The third-order valence-electron chi connectivity index (χ3n) is 7.22. The normalized spacial score (nSPS) is 23.7. The van der Waals surface area contributed by atoms with Crippen LogP contribution >= 0.6 is 23.2 Å². The lowest BCUT2D eigenvalue weighted by Gasteiger charge is -2.41. The lowest BCUT2D eigenvalue weighted by molar-refractivity contribution is -0.247. The van der Waals surface area contributed by atoms with Crippen molar-refractivity contribution in [1.82, 2.24) is 10.2 Å². The molecule has 0 bridgehead atoms. The van der Waals surface area contributed by atoms with Crippen molar-refractivity contribution in [3.05, 3.63) is 69.7 Å². The molecular formula is C31H38Cl2F6N2O6. The van der Waals surface area contributed by atoms with Crippen molar-refractivity contribution in [3.8, 4) is 0 Å². The van der Waals surface area contributed by atoms with Gasteiger partial charge in [0, 0.05) is 22.6 Å². The Labute approximate surface area is 278 Å². The van der Waals surface area contributed by atoms with E-state index in [2.05, 4.69) is 5.32 Å². The Hall–Kier alpha value is -2.33. The largest absolute Gasteiger partial charge is 0.444 e. The summed E-state index contributed by atoms with van der Waals surface area (Å²) >= 11 is 11.6. The van der Waals surface area contributed by atoms with Gasteiger partial charge in [0.15, 0.2) is 12.2 Å². The van der Waals surface area contributed by atoms with E-state index < -0.39 is 61.0 Å². The number of carbonyl (C=O) groups excluding carboxylic acids is 1. The molecule has 0 saturated carbocycles. The fourth-order valence-electron chi connectivity index (χ4n) is 4.82. The van der Waals surface area contributed by atoms with Crippen molar-refractivity contribution in [2.24, 2.45) is 0 Å². The van der Waals surface area contributed by atoms with Crippen LogP contribution in [-0.2, 0) is 27.1 Å². The number of nitrogens with one attached hydrogen (secondary N) is 1. The van der Waals surface area contributed by atoms with Crippen LogP contribution in [0.15, 0.2) is 48.5 Å². The Morgan fingerprint density at radius 1 is 0.851 bits per heavy atom. The van der Waals surface area contributed by atoms with E-state index in [4.69, 9.17) is 42.5 Å². The van der Waals surface area contributed by atoms with Gasteiger partial charge in [-0.2, -0.15) is 26.3 Å². The van der Waals surface area contributed by atoms with Gasteiger partial charge in [-0.05, 0) is 69.0 Å². The second kappa shape index (κ2) is 16.4.